The van der Waals surface area contributed by atoms with Gasteiger partial charge < -0.3 is 17.5 Å². The Morgan fingerprint density at radius 2 is 2.15 bits per heavy atom. The second kappa shape index (κ2) is 4.65. The van der Waals surface area contributed by atoms with Gasteiger partial charge in [0, 0.05) is 5.02 Å². The van der Waals surface area contributed by atoms with Crippen molar-refractivity contribution in [1.82, 2.24) is 0 Å². The quantitative estimate of drug-likeness (QED) is 0.649. The number of aromatic carboxylic acids is 1. The summed E-state index contributed by atoms with van der Waals surface area (Å²) in [6.07, 6.45) is 0. The molecule has 1 aromatic carbocycles. The molecular formula is C7H4Cl2N2O2. The zero-order chi connectivity index (χ0) is 9.14. The molecule has 0 unspecified atom stereocenters. The number of hydrogen-bond acceptors (Lipinski definition) is 2. The normalized spacial score (nSPS) is 8.31. The van der Waals surface area contributed by atoms with Gasteiger partial charge in [0.1, 0.15) is 0 Å². The maximum Gasteiger partial charge on any atom is 0.400 e. The number of halogens is 2. The van der Waals surface area contributed by atoms with E-state index in [9.17, 15) is 4.79 Å². The highest BCUT2D eigenvalue weighted by atomic mass is 35.5. The molecule has 0 aliphatic heterocycles. The van der Waals surface area contributed by atoms with Crippen LogP contribution in [0.1, 0.15) is 10.4 Å². The minimum atomic E-state index is -1.15. The van der Waals surface area contributed by atoms with Crippen LogP contribution in [0.25, 0.3) is 4.98 Å². The molecule has 0 saturated carbocycles. The Morgan fingerprint density at radius 3 is 2.62 bits per heavy atom. The van der Waals surface area contributed by atoms with Gasteiger partial charge in [-0.25, -0.2) is 4.79 Å². The van der Waals surface area contributed by atoms with Crippen LogP contribution >= 0.6 is 11.6 Å². The van der Waals surface area contributed by atoms with Gasteiger partial charge in [-0.05, 0) is 12.1 Å². The second-order valence-corrected chi connectivity index (χ2v) is 2.50. The van der Waals surface area contributed by atoms with Gasteiger partial charge in [0.25, 0.3) is 0 Å². The molecule has 0 atom stereocenters. The third kappa shape index (κ3) is 2.58. The molecule has 13 heavy (non-hydrogen) atoms. The molecule has 0 heterocycles. The Hall–Kier alpha value is -1.31. The Balaban J connectivity index is 0.00000144. The number of carboxylic acids is 1. The van der Waals surface area contributed by atoms with Crippen LogP contribution in [0.3, 0.4) is 0 Å². The number of diazo groups is 1. The van der Waals surface area contributed by atoms with Crippen molar-refractivity contribution in [1.29, 1.82) is 5.39 Å². The van der Waals surface area contributed by atoms with Gasteiger partial charge in [0.05, 0.1) is 6.07 Å². The van der Waals surface area contributed by atoms with Gasteiger partial charge in [-0.3, -0.25) is 0 Å². The monoisotopic (exact) mass is 218 g/mol. The van der Waals surface area contributed by atoms with Crippen LogP contribution in [0.15, 0.2) is 18.2 Å². The lowest BCUT2D eigenvalue weighted by molar-refractivity contribution is -0.0000182. The third-order valence-corrected chi connectivity index (χ3v) is 1.53. The minimum absolute atomic E-state index is 0. The Labute approximate surface area is 85.2 Å². The number of carboxylic acid groups (broad SMARTS) is 1. The predicted molar refractivity (Wildman–Crippen MR) is 43.2 cm³/mol. The molecule has 0 amide bonds. The highest BCUT2D eigenvalue weighted by Crippen LogP contribution is 2.23. The highest BCUT2D eigenvalue weighted by molar-refractivity contribution is 6.31. The van der Waals surface area contributed by atoms with Crippen LogP contribution in [0, 0.1) is 5.39 Å². The van der Waals surface area contributed by atoms with Crippen molar-refractivity contribution >= 4 is 23.3 Å². The summed E-state index contributed by atoms with van der Waals surface area (Å²) in [4.78, 5) is 13.3. The highest BCUT2D eigenvalue weighted by Gasteiger charge is 2.19. The first kappa shape index (κ1) is 11.7. The summed E-state index contributed by atoms with van der Waals surface area (Å²) >= 11 is 5.54. The number of carbonyl (C=O) groups is 1. The summed E-state index contributed by atoms with van der Waals surface area (Å²) in [5.74, 6) is -1.15. The average Bonchev–Trinajstić information content (AvgIpc) is 2.03. The van der Waals surface area contributed by atoms with Crippen LogP contribution in [-0.4, -0.2) is 11.1 Å². The summed E-state index contributed by atoms with van der Waals surface area (Å²) in [6.45, 7) is 0. The Kier molecular flexibility index (Phi) is 4.18. The van der Waals surface area contributed by atoms with E-state index in [0.717, 1.165) is 0 Å². The molecule has 0 aliphatic carbocycles. The number of hydrogen-bond donors (Lipinski definition) is 1. The lowest BCUT2D eigenvalue weighted by Crippen LogP contribution is -3.00. The fourth-order valence-electron chi connectivity index (χ4n) is 0.768. The van der Waals surface area contributed by atoms with E-state index in [4.69, 9.17) is 22.1 Å². The van der Waals surface area contributed by atoms with Gasteiger partial charge >= 0.3 is 11.7 Å². The largest absolute Gasteiger partial charge is 1.00 e. The molecular weight excluding hydrogens is 215 g/mol. The first-order chi connectivity index (χ1) is 5.65. The van der Waals surface area contributed by atoms with Crippen molar-refractivity contribution in [2.24, 2.45) is 0 Å². The maximum atomic E-state index is 10.5. The SMILES string of the molecule is N#[N+]c1cc(Cl)ccc1C(=O)O.[Cl-]. The fourth-order valence-corrected chi connectivity index (χ4v) is 0.935. The molecule has 4 nitrogen and oxygen atoms in total. The van der Waals surface area contributed by atoms with Gasteiger partial charge in [0.15, 0.2) is 10.5 Å². The van der Waals surface area contributed by atoms with Crippen LogP contribution in [-0.2, 0) is 0 Å². The van der Waals surface area contributed by atoms with E-state index in [1.165, 1.54) is 18.2 Å². The molecule has 1 N–H and O–H groups in total. The summed E-state index contributed by atoms with van der Waals surface area (Å²) in [5, 5.41) is 17.3. The van der Waals surface area contributed by atoms with E-state index in [0.29, 0.717) is 5.02 Å². The first-order valence-electron chi connectivity index (χ1n) is 3.03. The van der Waals surface area contributed by atoms with Crippen LogP contribution < -0.4 is 12.4 Å². The molecule has 0 aromatic heterocycles. The summed E-state index contributed by atoms with van der Waals surface area (Å²) in [6, 6.07) is 3.96. The molecule has 68 valence electrons. The van der Waals surface area contributed by atoms with Crippen molar-refractivity contribution in [3.63, 3.8) is 0 Å². The third-order valence-electron chi connectivity index (χ3n) is 1.30. The van der Waals surface area contributed by atoms with Gasteiger partial charge in [-0.2, -0.15) is 0 Å². The Bertz CT molecular complexity index is 373. The van der Waals surface area contributed by atoms with Crippen molar-refractivity contribution < 1.29 is 22.3 Å². The van der Waals surface area contributed by atoms with E-state index in [1.807, 2.05) is 0 Å². The van der Waals surface area contributed by atoms with Gasteiger partial charge in [-0.1, -0.05) is 11.6 Å². The zero-order valence-electron chi connectivity index (χ0n) is 6.24. The predicted octanol–water partition coefficient (Wildman–Crippen LogP) is -0.473. The molecule has 0 fully saturated rings. The molecule has 0 aliphatic rings. The standard InChI is InChI=1S/C7H3ClN2O2.ClH/c8-4-1-2-5(7(11)12)6(3-4)10-9;/h1-3H;1H. The lowest BCUT2D eigenvalue weighted by atomic mass is 10.2. The van der Waals surface area contributed by atoms with Crippen LogP contribution in [0.2, 0.25) is 5.02 Å². The molecule has 0 spiro atoms. The number of nitrogens with zero attached hydrogens (tertiary/aromatic N) is 2. The van der Waals surface area contributed by atoms with E-state index in [-0.39, 0.29) is 23.7 Å². The van der Waals surface area contributed by atoms with Gasteiger partial charge in [-0.15, -0.1) is 0 Å². The summed E-state index contributed by atoms with van der Waals surface area (Å²) in [5.41, 5.74) is -0.128. The average molecular weight is 219 g/mol. The van der Waals surface area contributed by atoms with E-state index in [2.05, 4.69) is 4.98 Å². The van der Waals surface area contributed by atoms with Crippen LogP contribution in [0.4, 0.5) is 5.69 Å². The second-order valence-electron chi connectivity index (χ2n) is 2.07. The summed E-state index contributed by atoms with van der Waals surface area (Å²) in [7, 11) is 0. The zero-order valence-corrected chi connectivity index (χ0v) is 7.75. The van der Waals surface area contributed by atoms with Crippen molar-refractivity contribution in [2.45, 2.75) is 0 Å². The van der Waals surface area contributed by atoms with Crippen molar-refractivity contribution in [3.05, 3.63) is 33.8 Å². The lowest BCUT2D eigenvalue weighted by Gasteiger charge is -1.89. The van der Waals surface area contributed by atoms with E-state index in [1.54, 1.807) is 0 Å². The van der Waals surface area contributed by atoms with E-state index >= 15 is 0 Å². The number of benzene rings is 1. The van der Waals surface area contributed by atoms with Crippen LogP contribution in [0.5, 0.6) is 0 Å². The van der Waals surface area contributed by atoms with Crippen molar-refractivity contribution in [3.8, 4) is 0 Å². The fraction of sp³-hybridized carbons (Fsp3) is 0. The molecule has 6 heteroatoms. The molecule has 1 rings (SSSR count). The smallest absolute Gasteiger partial charge is 0.400 e. The molecule has 1 aromatic rings. The maximum absolute atomic E-state index is 10.5. The van der Waals surface area contributed by atoms with Crippen molar-refractivity contribution in [2.75, 3.05) is 0 Å². The molecule has 0 radical (unpaired) electrons. The minimum Gasteiger partial charge on any atom is -1.00 e. The Morgan fingerprint density at radius 1 is 1.54 bits per heavy atom. The topological polar surface area (TPSA) is 65.5 Å². The van der Waals surface area contributed by atoms with Gasteiger partial charge in [0.2, 0.25) is 5.39 Å². The van der Waals surface area contributed by atoms with E-state index < -0.39 is 5.97 Å². The molecule has 0 bridgehead atoms. The molecule has 0 saturated heterocycles. The number of rotatable bonds is 1. The summed E-state index contributed by atoms with van der Waals surface area (Å²) < 4.78 is 0. The first-order valence-corrected chi connectivity index (χ1v) is 3.41.